The Labute approximate surface area is 78.0 Å². The molecule has 0 saturated carbocycles. The summed E-state index contributed by atoms with van der Waals surface area (Å²) < 4.78 is 0. The maximum absolute atomic E-state index is 10.3. The molecule has 1 aromatic rings. The molecule has 13 heavy (non-hydrogen) atoms. The summed E-state index contributed by atoms with van der Waals surface area (Å²) in [6.45, 7) is 0. The van der Waals surface area contributed by atoms with Gasteiger partial charge in [-0.2, -0.15) is 0 Å². The Bertz CT molecular complexity index is 297. The fourth-order valence-electron chi connectivity index (χ4n) is 1.05. The van der Waals surface area contributed by atoms with Crippen molar-refractivity contribution < 1.29 is 9.90 Å². The fraction of sp³-hybridized carbons (Fsp3) is 0.222. The van der Waals surface area contributed by atoms with Gasteiger partial charge >= 0.3 is 5.97 Å². The first kappa shape index (κ1) is 9.80. The lowest BCUT2D eigenvalue weighted by molar-refractivity contribution is -0.137. The number of carboxylic acids is 1. The van der Waals surface area contributed by atoms with E-state index in [2.05, 4.69) is 0 Å². The average Bonchev–Trinajstić information content (AvgIpc) is 2.04. The molecule has 0 aliphatic carbocycles. The number of carbonyl (C=O) groups is 1. The first-order valence-corrected chi connectivity index (χ1v) is 3.92. The maximum atomic E-state index is 10.3. The van der Waals surface area contributed by atoms with Crippen LogP contribution in [0.25, 0.3) is 0 Å². The Morgan fingerprint density at radius 2 is 2.00 bits per heavy atom. The van der Waals surface area contributed by atoms with E-state index in [0.29, 0.717) is 5.46 Å². The molecule has 0 bridgehead atoms. The quantitative estimate of drug-likeness (QED) is 0.633. The van der Waals surface area contributed by atoms with Crippen LogP contribution in [0.3, 0.4) is 0 Å². The normalized spacial score (nSPS) is 12.4. The number of rotatable bonds is 3. The summed E-state index contributed by atoms with van der Waals surface area (Å²) in [5, 5.41) is 8.50. The van der Waals surface area contributed by atoms with Crippen molar-refractivity contribution in [2.45, 2.75) is 12.5 Å². The predicted octanol–water partition coefficient (Wildman–Crippen LogP) is -0.0451. The lowest BCUT2D eigenvalue weighted by Crippen LogP contribution is -2.15. The van der Waals surface area contributed by atoms with Crippen molar-refractivity contribution in [3.63, 3.8) is 0 Å². The van der Waals surface area contributed by atoms with Crippen LogP contribution in [0, 0.1) is 0 Å². The summed E-state index contributed by atoms with van der Waals surface area (Å²) in [5.41, 5.74) is 7.06. The van der Waals surface area contributed by atoms with Crippen LogP contribution in [0.4, 0.5) is 0 Å². The summed E-state index contributed by atoms with van der Waals surface area (Å²) in [6, 6.07) is 6.43. The molecule has 0 aromatic heterocycles. The molecule has 1 aromatic carbocycles. The molecule has 1 atom stereocenters. The Morgan fingerprint density at radius 1 is 1.46 bits per heavy atom. The molecule has 2 radical (unpaired) electrons. The number of hydrogen-bond acceptors (Lipinski definition) is 2. The summed E-state index contributed by atoms with van der Waals surface area (Å²) in [5.74, 6) is -0.899. The molecule has 0 spiro atoms. The van der Waals surface area contributed by atoms with Crippen LogP contribution in [0.5, 0.6) is 0 Å². The van der Waals surface area contributed by atoms with Gasteiger partial charge in [0.15, 0.2) is 0 Å². The SMILES string of the molecule is [B]c1ccc(C(N)CC(=O)O)cc1. The maximum Gasteiger partial charge on any atom is 0.305 e. The molecule has 0 saturated heterocycles. The number of nitrogens with two attached hydrogens (primary N) is 1. The average molecular weight is 175 g/mol. The van der Waals surface area contributed by atoms with Crippen LogP contribution >= 0.6 is 0 Å². The van der Waals surface area contributed by atoms with E-state index in [0.717, 1.165) is 5.56 Å². The van der Waals surface area contributed by atoms with E-state index in [1.54, 1.807) is 24.3 Å². The van der Waals surface area contributed by atoms with E-state index >= 15 is 0 Å². The summed E-state index contributed by atoms with van der Waals surface area (Å²) in [7, 11) is 5.47. The van der Waals surface area contributed by atoms with Gasteiger partial charge in [-0.05, 0) is 5.56 Å². The van der Waals surface area contributed by atoms with Crippen LogP contribution in [0.1, 0.15) is 18.0 Å². The third-order valence-electron chi connectivity index (χ3n) is 1.76. The van der Waals surface area contributed by atoms with Gasteiger partial charge in [0.25, 0.3) is 0 Å². The van der Waals surface area contributed by atoms with Crippen LogP contribution in [-0.2, 0) is 4.79 Å². The van der Waals surface area contributed by atoms with Crippen molar-refractivity contribution >= 4 is 19.3 Å². The highest BCUT2D eigenvalue weighted by molar-refractivity contribution is 6.32. The molecule has 0 aliphatic rings. The highest BCUT2D eigenvalue weighted by atomic mass is 16.4. The fourth-order valence-corrected chi connectivity index (χ4v) is 1.05. The lowest BCUT2D eigenvalue weighted by atomic mass is 9.93. The Kier molecular flexibility index (Phi) is 3.09. The van der Waals surface area contributed by atoms with Gasteiger partial charge in [-0.1, -0.05) is 29.7 Å². The van der Waals surface area contributed by atoms with Crippen molar-refractivity contribution in [1.29, 1.82) is 0 Å². The van der Waals surface area contributed by atoms with Crippen molar-refractivity contribution in [2.24, 2.45) is 5.73 Å². The van der Waals surface area contributed by atoms with E-state index in [1.807, 2.05) is 0 Å². The molecule has 0 aliphatic heterocycles. The Hall–Kier alpha value is -1.29. The first-order valence-electron chi connectivity index (χ1n) is 3.92. The topological polar surface area (TPSA) is 63.3 Å². The Morgan fingerprint density at radius 3 is 2.46 bits per heavy atom. The highest BCUT2D eigenvalue weighted by Gasteiger charge is 2.09. The van der Waals surface area contributed by atoms with Gasteiger partial charge in [0, 0.05) is 6.04 Å². The van der Waals surface area contributed by atoms with E-state index in [1.165, 1.54) is 0 Å². The van der Waals surface area contributed by atoms with Gasteiger partial charge in [0.1, 0.15) is 7.85 Å². The molecule has 0 heterocycles. The largest absolute Gasteiger partial charge is 0.481 e. The standard InChI is InChI=1S/C9H10BNO2/c10-7-3-1-6(2-4-7)8(11)5-9(12)13/h1-4,8H,5,11H2,(H,12,13). The predicted molar refractivity (Wildman–Crippen MR) is 51.0 cm³/mol. The molecule has 3 N–H and O–H groups in total. The summed E-state index contributed by atoms with van der Waals surface area (Å²) in [6.07, 6.45) is -0.0656. The first-order chi connectivity index (χ1) is 6.09. The molecular formula is C9H10BNO2. The number of hydrogen-bond donors (Lipinski definition) is 2. The van der Waals surface area contributed by atoms with Crippen LogP contribution in [0.15, 0.2) is 24.3 Å². The van der Waals surface area contributed by atoms with Crippen LogP contribution in [0.2, 0.25) is 0 Å². The highest BCUT2D eigenvalue weighted by Crippen LogP contribution is 2.11. The smallest absolute Gasteiger partial charge is 0.305 e. The molecule has 66 valence electrons. The second-order valence-electron chi connectivity index (χ2n) is 2.87. The number of carboxylic acid groups (broad SMARTS) is 1. The van der Waals surface area contributed by atoms with E-state index < -0.39 is 12.0 Å². The van der Waals surface area contributed by atoms with Crippen molar-refractivity contribution in [3.8, 4) is 0 Å². The Balaban J connectivity index is 2.71. The monoisotopic (exact) mass is 175 g/mol. The molecule has 0 amide bonds. The minimum atomic E-state index is -0.899. The zero-order valence-corrected chi connectivity index (χ0v) is 7.10. The van der Waals surface area contributed by atoms with E-state index in [9.17, 15) is 4.79 Å². The van der Waals surface area contributed by atoms with Gasteiger partial charge in [0.2, 0.25) is 0 Å². The molecule has 0 fully saturated rings. The van der Waals surface area contributed by atoms with Crippen molar-refractivity contribution in [1.82, 2.24) is 0 Å². The molecule has 4 heteroatoms. The zero-order valence-electron chi connectivity index (χ0n) is 7.10. The molecular weight excluding hydrogens is 165 g/mol. The van der Waals surface area contributed by atoms with Crippen LogP contribution in [-0.4, -0.2) is 18.9 Å². The minimum absolute atomic E-state index is 0.0656. The molecule has 1 rings (SSSR count). The van der Waals surface area contributed by atoms with E-state index in [-0.39, 0.29) is 6.42 Å². The van der Waals surface area contributed by atoms with Gasteiger partial charge < -0.3 is 10.8 Å². The van der Waals surface area contributed by atoms with Crippen molar-refractivity contribution in [2.75, 3.05) is 0 Å². The second kappa shape index (κ2) is 4.09. The summed E-state index contributed by atoms with van der Waals surface area (Å²) in [4.78, 5) is 10.3. The number of aliphatic carboxylic acids is 1. The van der Waals surface area contributed by atoms with Gasteiger partial charge in [-0.25, -0.2) is 0 Å². The third-order valence-corrected chi connectivity index (χ3v) is 1.76. The number of benzene rings is 1. The third kappa shape index (κ3) is 2.91. The lowest BCUT2D eigenvalue weighted by Gasteiger charge is -2.08. The van der Waals surface area contributed by atoms with Gasteiger partial charge in [0.05, 0.1) is 6.42 Å². The summed E-state index contributed by atoms with van der Waals surface area (Å²) >= 11 is 0. The van der Waals surface area contributed by atoms with Gasteiger partial charge in [-0.15, -0.1) is 0 Å². The van der Waals surface area contributed by atoms with Crippen molar-refractivity contribution in [3.05, 3.63) is 29.8 Å². The second-order valence-corrected chi connectivity index (χ2v) is 2.87. The minimum Gasteiger partial charge on any atom is -0.481 e. The van der Waals surface area contributed by atoms with Gasteiger partial charge in [-0.3, -0.25) is 4.79 Å². The molecule has 3 nitrogen and oxygen atoms in total. The zero-order chi connectivity index (χ0) is 9.84. The van der Waals surface area contributed by atoms with Crippen LogP contribution < -0.4 is 11.2 Å². The molecule has 1 unspecified atom stereocenters. The van der Waals surface area contributed by atoms with E-state index in [4.69, 9.17) is 18.7 Å².